The predicted octanol–water partition coefficient (Wildman–Crippen LogP) is 3.25. The van der Waals surface area contributed by atoms with Crippen molar-refractivity contribution >= 4 is 17.0 Å². The number of aryl methyl sites for hydroxylation is 1. The Balaban J connectivity index is 1.84. The molecule has 0 aliphatic rings. The maximum Gasteiger partial charge on any atom is 0.0894 e. The van der Waals surface area contributed by atoms with Gasteiger partial charge < -0.3 is 5.32 Å². The molecule has 2 heterocycles. The molecule has 5 heteroatoms. The van der Waals surface area contributed by atoms with Crippen molar-refractivity contribution in [3.63, 3.8) is 0 Å². The Labute approximate surface area is 115 Å². The molecule has 0 unspecified atom stereocenters. The van der Waals surface area contributed by atoms with Crippen molar-refractivity contribution in [1.29, 1.82) is 0 Å². The fourth-order valence-corrected chi connectivity index (χ4v) is 2.77. The van der Waals surface area contributed by atoms with Crippen molar-refractivity contribution in [3.05, 3.63) is 58.5 Å². The number of hydrogen-bond donors (Lipinski definition) is 1. The average Bonchev–Trinajstić information content (AvgIpc) is 3.08. The molecule has 0 radical (unpaired) electrons. The average molecular weight is 270 g/mol. The minimum absolute atomic E-state index is 0.829. The van der Waals surface area contributed by atoms with E-state index in [1.807, 2.05) is 24.4 Å². The fraction of sp³-hybridized carbons (Fsp3) is 0.143. The van der Waals surface area contributed by atoms with Gasteiger partial charge in [0.15, 0.2) is 0 Å². The molecule has 0 saturated carbocycles. The number of nitrogens with one attached hydrogen (secondary N) is 1. The molecule has 0 fully saturated rings. The smallest absolute Gasteiger partial charge is 0.0894 e. The Hall–Kier alpha value is -2.14. The van der Waals surface area contributed by atoms with E-state index in [9.17, 15) is 0 Å². The highest BCUT2D eigenvalue weighted by molar-refractivity contribution is 7.10. The molecule has 0 aliphatic heterocycles. The van der Waals surface area contributed by atoms with Gasteiger partial charge in [-0.25, -0.2) is 4.68 Å². The van der Waals surface area contributed by atoms with Gasteiger partial charge in [-0.2, -0.15) is 0 Å². The van der Waals surface area contributed by atoms with E-state index >= 15 is 0 Å². The van der Waals surface area contributed by atoms with E-state index in [4.69, 9.17) is 0 Å². The summed E-state index contributed by atoms with van der Waals surface area (Å²) in [7, 11) is 0. The summed E-state index contributed by atoms with van der Waals surface area (Å²) >= 11 is 1.77. The number of rotatable bonds is 4. The molecule has 0 saturated heterocycles. The molecule has 0 amide bonds. The van der Waals surface area contributed by atoms with Gasteiger partial charge in [0.05, 0.1) is 23.8 Å². The highest BCUT2D eigenvalue weighted by atomic mass is 32.1. The Morgan fingerprint density at radius 3 is 2.89 bits per heavy atom. The van der Waals surface area contributed by atoms with Gasteiger partial charge in [0.2, 0.25) is 0 Å². The summed E-state index contributed by atoms with van der Waals surface area (Å²) in [6, 6.07) is 10.2. The van der Waals surface area contributed by atoms with Crippen molar-refractivity contribution < 1.29 is 0 Å². The number of nitrogens with zero attached hydrogens (tertiary/aromatic N) is 3. The zero-order valence-corrected chi connectivity index (χ0v) is 11.4. The molecule has 19 heavy (non-hydrogen) atoms. The summed E-state index contributed by atoms with van der Waals surface area (Å²) in [5.74, 6) is 0. The molecular weight excluding hydrogens is 256 g/mol. The minimum Gasteiger partial charge on any atom is -0.378 e. The summed E-state index contributed by atoms with van der Waals surface area (Å²) < 4.78 is 1.77. The Morgan fingerprint density at radius 2 is 2.16 bits per heavy atom. The number of benzene rings is 1. The molecule has 0 atom stereocenters. The summed E-state index contributed by atoms with van der Waals surface area (Å²) in [6.07, 6.45) is 3.52. The Morgan fingerprint density at radius 1 is 1.26 bits per heavy atom. The lowest BCUT2D eigenvalue weighted by Crippen LogP contribution is -2.04. The van der Waals surface area contributed by atoms with Crippen LogP contribution in [0, 0.1) is 6.92 Å². The zero-order valence-electron chi connectivity index (χ0n) is 10.6. The summed E-state index contributed by atoms with van der Waals surface area (Å²) in [5, 5.41) is 13.5. The predicted molar refractivity (Wildman–Crippen MR) is 77.7 cm³/mol. The first-order chi connectivity index (χ1) is 9.34. The van der Waals surface area contributed by atoms with Gasteiger partial charge in [-0.1, -0.05) is 17.3 Å². The second kappa shape index (κ2) is 5.24. The number of thiophene rings is 1. The molecular formula is C14H14N4S. The highest BCUT2D eigenvalue weighted by Crippen LogP contribution is 2.22. The largest absolute Gasteiger partial charge is 0.378 e. The monoisotopic (exact) mass is 270 g/mol. The maximum absolute atomic E-state index is 4.04. The third kappa shape index (κ3) is 2.51. The first-order valence-electron chi connectivity index (χ1n) is 6.07. The van der Waals surface area contributed by atoms with Gasteiger partial charge in [-0.05, 0) is 36.1 Å². The van der Waals surface area contributed by atoms with E-state index < -0.39 is 0 Å². The van der Waals surface area contributed by atoms with Crippen molar-refractivity contribution in [1.82, 2.24) is 15.0 Å². The Kier molecular flexibility index (Phi) is 3.29. The van der Waals surface area contributed by atoms with E-state index in [1.165, 1.54) is 10.4 Å². The molecule has 96 valence electrons. The minimum atomic E-state index is 0.829. The third-order valence-electron chi connectivity index (χ3n) is 2.98. The number of hydrogen-bond acceptors (Lipinski definition) is 4. The standard InChI is InChI=1S/C14H14N4S/c1-11-6-9-19-14(11)10-15-12-4-2-3-5-13(12)18-8-7-16-17-18/h2-9,15H,10H2,1H3. The van der Waals surface area contributed by atoms with Gasteiger partial charge in [-0.3, -0.25) is 0 Å². The van der Waals surface area contributed by atoms with Crippen LogP contribution in [0.3, 0.4) is 0 Å². The van der Waals surface area contributed by atoms with E-state index in [0.29, 0.717) is 0 Å². The van der Waals surface area contributed by atoms with E-state index in [1.54, 1.807) is 22.2 Å². The SMILES string of the molecule is Cc1ccsc1CNc1ccccc1-n1ccnn1. The molecule has 1 aromatic carbocycles. The normalized spacial score (nSPS) is 10.6. The molecule has 4 nitrogen and oxygen atoms in total. The lowest BCUT2D eigenvalue weighted by atomic mass is 10.2. The van der Waals surface area contributed by atoms with Crippen molar-refractivity contribution in [2.75, 3.05) is 5.32 Å². The van der Waals surface area contributed by atoms with Gasteiger partial charge in [0.25, 0.3) is 0 Å². The molecule has 1 N–H and O–H groups in total. The fourth-order valence-electron chi connectivity index (χ4n) is 1.92. The summed E-state index contributed by atoms with van der Waals surface area (Å²) in [6.45, 7) is 2.96. The van der Waals surface area contributed by atoms with Crippen molar-refractivity contribution in [3.8, 4) is 5.69 Å². The number of para-hydroxylation sites is 2. The lowest BCUT2D eigenvalue weighted by molar-refractivity contribution is 0.803. The second-order valence-corrected chi connectivity index (χ2v) is 5.25. The van der Waals surface area contributed by atoms with Crippen LogP contribution in [0.5, 0.6) is 0 Å². The lowest BCUT2D eigenvalue weighted by Gasteiger charge is -2.11. The van der Waals surface area contributed by atoms with Crippen molar-refractivity contribution in [2.24, 2.45) is 0 Å². The maximum atomic E-state index is 4.04. The molecule has 3 rings (SSSR count). The highest BCUT2D eigenvalue weighted by Gasteiger charge is 2.05. The molecule has 3 aromatic rings. The quantitative estimate of drug-likeness (QED) is 0.791. The van der Waals surface area contributed by atoms with Gasteiger partial charge in [0.1, 0.15) is 0 Å². The van der Waals surface area contributed by atoms with Crippen molar-refractivity contribution in [2.45, 2.75) is 13.5 Å². The molecule has 0 spiro atoms. The van der Waals surface area contributed by atoms with Gasteiger partial charge in [0, 0.05) is 11.4 Å². The summed E-state index contributed by atoms with van der Waals surface area (Å²) in [4.78, 5) is 1.35. The van der Waals surface area contributed by atoms with E-state index in [2.05, 4.69) is 40.1 Å². The first-order valence-corrected chi connectivity index (χ1v) is 6.95. The van der Waals surface area contributed by atoms with E-state index in [0.717, 1.165) is 17.9 Å². The van der Waals surface area contributed by atoms with Crippen LogP contribution in [0.25, 0.3) is 5.69 Å². The zero-order chi connectivity index (χ0) is 13.1. The van der Waals surface area contributed by atoms with Crippen LogP contribution >= 0.6 is 11.3 Å². The van der Waals surface area contributed by atoms with E-state index in [-0.39, 0.29) is 0 Å². The van der Waals surface area contributed by atoms with Crippen LogP contribution < -0.4 is 5.32 Å². The third-order valence-corrected chi connectivity index (χ3v) is 4.00. The van der Waals surface area contributed by atoms with Crippen LogP contribution in [-0.2, 0) is 6.54 Å². The van der Waals surface area contributed by atoms with Gasteiger partial charge in [-0.15, -0.1) is 16.4 Å². The second-order valence-electron chi connectivity index (χ2n) is 4.25. The molecule has 0 aliphatic carbocycles. The van der Waals surface area contributed by atoms with Gasteiger partial charge >= 0.3 is 0 Å². The topological polar surface area (TPSA) is 42.7 Å². The first kappa shape index (κ1) is 11.9. The van der Waals surface area contributed by atoms with Crippen LogP contribution in [0.1, 0.15) is 10.4 Å². The number of anilines is 1. The van der Waals surface area contributed by atoms with Crippen LogP contribution in [0.15, 0.2) is 48.1 Å². The molecule has 2 aromatic heterocycles. The van der Waals surface area contributed by atoms with Crippen LogP contribution in [-0.4, -0.2) is 15.0 Å². The Bertz CT molecular complexity index is 658. The van der Waals surface area contributed by atoms with Crippen LogP contribution in [0.2, 0.25) is 0 Å². The molecule has 0 bridgehead atoms. The van der Waals surface area contributed by atoms with Crippen LogP contribution in [0.4, 0.5) is 5.69 Å². The summed E-state index contributed by atoms with van der Waals surface area (Å²) in [5.41, 5.74) is 3.39. The number of aromatic nitrogens is 3.